The van der Waals surface area contributed by atoms with Gasteiger partial charge in [-0.1, -0.05) is 18.2 Å². The third-order valence-corrected chi connectivity index (χ3v) is 2.34. The van der Waals surface area contributed by atoms with Gasteiger partial charge in [0.1, 0.15) is 0 Å². The number of amidine groups is 1. The fourth-order valence-electron chi connectivity index (χ4n) is 1.35. The number of ether oxygens (including phenoxy) is 1. The Kier molecular flexibility index (Phi) is 5.53. The third kappa shape index (κ3) is 4.79. The third-order valence-electron chi connectivity index (χ3n) is 2.34. The molecule has 6 heteroatoms. The molecule has 0 aliphatic carbocycles. The summed E-state index contributed by atoms with van der Waals surface area (Å²) in [4.78, 5) is 26.7. The summed E-state index contributed by atoms with van der Waals surface area (Å²) in [6.07, 6.45) is 0. The smallest absolute Gasteiger partial charge is 0.373 e. The van der Waals surface area contributed by atoms with Gasteiger partial charge in [-0.15, -0.1) is 0 Å². The van der Waals surface area contributed by atoms with Crippen LogP contribution in [0.2, 0.25) is 0 Å². The Hall–Kier alpha value is -2.37. The molecular weight excluding hydrogens is 246 g/mol. The number of hydrogen-bond donors (Lipinski definition) is 2. The molecule has 0 unspecified atom stereocenters. The first-order valence-corrected chi connectivity index (χ1v) is 5.78. The SMILES string of the molecule is COC(=O)C(N)=NC[C@@H](C)NC(=O)c1ccccc1. The van der Waals surface area contributed by atoms with Crippen molar-refractivity contribution >= 4 is 17.7 Å². The molecule has 0 aromatic heterocycles. The van der Waals surface area contributed by atoms with Crippen LogP contribution in [0.5, 0.6) is 0 Å². The van der Waals surface area contributed by atoms with Gasteiger partial charge in [0.05, 0.1) is 13.7 Å². The average Bonchev–Trinajstić information content (AvgIpc) is 2.44. The van der Waals surface area contributed by atoms with E-state index < -0.39 is 5.97 Å². The van der Waals surface area contributed by atoms with E-state index in [1.807, 2.05) is 6.07 Å². The summed E-state index contributed by atoms with van der Waals surface area (Å²) in [7, 11) is 1.23. The number of benzene rings is 1. The van der Waals surface area contributed by atoms with Gasteiger partial charge in [0, 0.05) is 11.6 Å². The van der Waals surface area contributed by atoms with E-state index in [4.69, 9.17) is 5.73 Å². The van der Waals surface area contributed by atoms with Crippen LogP contribution in [0.25, 0.3) is 0 Å². The standard InChI is InChI=1S/C13H17N3O3/c1-9(8-15-11(14)13(18)19-2)16-12(17)10-6-4-3-5-7-10/h3-7,9H,8H2,1-2H3,(H2,14,15)(H,16,17)/t9-/m1/s1. The summed E-state index contributed by atoms with van der Waals surface area (Å²) in [6, 6.07) is 8.60. The van der Waals surface area contributed by atoms with Crippen LogP contribution < -0.4 is 11.1 Å². The summed E-state index contributed by atoms with van der Waals surface area (Å²) < 4.78 is 4.41. The van der Waals surface area contributed by atoms with Crippen molar-refractivity contribution in [3.05, 3.63) is 35.9 Å². The van der Waals surface area contributed by atoms with Gasteiger partial charge < -0.3 is 15.8 Å². The monoisotopic (exact) mass is 263 g/mol. The molecule has 0 aliphatic heterocycles. The number of rotatable bonds is 4. The lowest BCUT2D eigenvalue weighted by molar-refractivity contribution is -0.132. The first-order valence-electron chi connectivity index (χ1n) is 5.78. The topological polar surface area (TPSA) is 93.8 Å². The molecule has 102 valence electrons. The van der Waals surface area contributed by atoms with Crippen LogP contribution in [0.3, 0.4) is 0 Å². The highest BCUT2D eigenvalue weighted by Crippen LogP contribution is 1.98. The van der Waals surface area contributed by atoms with E-state index in [2.05, 4.69) is 15.0 Å². The molecule has 1 aromatic rings. The predicted octanol–water partition coefficient (Wildman–Crippen LogP) is 0.335. The molecule has 0 aliphatic rings. The molecule has 6 nitrogen and oxygen atoms in total. The van der Waals surface area contributed by atoms with E-state index in [0.717, 1.165) is 0 Å². The normalized spacial score (nSPS) is 12.6. The molecule has 19 heavy (non-hydrogen) atoms. The number of aliphatic imine (C=N–C) groups is 1. The molecule has 1 aromatic carbocycles. The minimum absolute atomic E-state index is 0.195. The molecule has 0 heterocycles. The van der Waals surface area contributed by atoms with E-state index in [1.54, 1.807) is 31.2 Å². The lowest BCUT2D eigenvalue weighted by Crippen LogP contribution is -2.36. The molecule has 0 spiro atoms. The highest BCUT2D eigenvalue weighted by atomic mass is 16.5. The molecule has 3 N–H and O–H groups in total. The van der Waals surface area contributed by atoms with Crippen molar-refractivity contribution in [3.63, 3.8) is 0 Å². The molecule has 0 bridgehead atoms. The summed E-state index contributed by atoms with van der Waals surface area (Å²) in [5.41, 5.74) is 5.95. The second-order valence-electron chi connectivity index (χ2n) is 3.96. The van der Waals surface area contributed by atoms with Crippen LogP contribution in [0.1, 0.15) is 17.3 Å². The van der Waals surface area contributed by atoms with Crippen LogP contribution in [-0.4, -0.2) is 37.4 Å². The van der Waals surface area contributed by atoms with Crippen molar-refractivity contribution in [1.29, 1.82) is 0 Å². The van der Waals surface area contributed by atoms with Crippen molar-refractivity contribution < 1.29 is 14.3 Å². The zero-order chi connectivity index (χ0) is 14.3. The minimum atomic E-state index is -0.679. The Morgan fingerprint density at radius 3 is 2.58 bits per heavy atom. The zero-order valence-corrected chi connectivity index (χ0v) is 10.9. The zero-order valence-electron chi connectivity index (χ0n) is 10.9. The van der Waals surface area contributed by atoms with Gasteiger partial charge in [-0.2, -0.15) is 0 Å². The first kappa shape index (κ1) is 14.7. The van der Waals surface area contributed by atoms with Gasteiger partial charge in [-0.05, 0) is 19.1 Å². The molecule has 0 radical (unpaired) electrons. The van der Waals surface area contributed by atoms with Crippen molar-refractivity contribution in [2.75, 3.05) is 13.7 Å². The number of methoxy groups -OCH3 is 1. The lowest BCUT2D eigenvalue weighted by Gasteiger charge is -2.11. The number of hydrogen-bond acceptors (Lipinski definition) is 4. The largest absolute Gasteiger partial charge is 0.463 e. The maximum atomic E-state index is 11.8. The number of nitrogens with one attached hydrogen (secondary N) is 1. The van der Waals surface area contributed by atoms with Gasteiger partial charge in [-0.3, -0.25) is 9.79 Å². The first-order chi connectivity index (χ1) is 9.04. The minimum Gasteiger partial charge on any atom is -0.463 e. The van der Waals surface area contributed by atoms with Crippen LogP contribution in [0.15, 0.2) is 35.3 Å². The summed E-state index contributed by atoms with van der Waals surface area (Å²) in [6.45, 7) is 1.98. The number of nitrogens with two attached hydrogens (primary N) is 1. The second kappa shape index (κ2) is 7.15. The molecule has 1 rings (SSSR count). The molecule has 0 saturated carbocycles. The van der Waals surface area contributed by atoms with Crippen LogP contribution in [0, 0.1) is 0 Å². The van der Waals surface area contributed by atoms with Gasteiger partial charge >= 0.3 is 5.97 Å². The van der Waals surface area contributed by atoms with Crippen LogP contribution in [0.4, 0.5) is 0 Å². The van der Waals surface area contributed by atoms with E-state index in [9.17, 15) is 9.59 Å². The van der Waals surface area contributed by atoms with Crippen molar-refractivity contribution in [1.82, 2.24) is 5.32 Å². The van der Waals surface area contributed by atoms with E-state index >= 15 is 0 Å². The van der Waals surface area contributed by atoms with Gasteiger partial charge in [0.2, 0.25) is 5.84 Å². The van der Waals surface area contributed by atoms with Crippen molar-refractivity contribution in [2.24, 2.45) is 10.7 Å². The van der Waals surface area contributed by atoms with E-state index in [1.165, 1.54) is 7.11 Å². The number of nitrogens with zero attached hydrogens (tertiary/aromatic N) is 1. The van der Waals surface area contributed by atoms with Crippen LogP contribution >= 0.6 is 0 Å². The quantitative estimate of drug-likeness (QED) is 0.465. The summed E-state index contributed by atoms with van der Waals surface area (Å²) in [5, 5.41) is 2.75. The molecule has 0 fully saturated rings. The fraction of sp³-hybridized carbons (Fsp3) is 0.308. The molecular formula is C13H17N3O3. The van der Waals surface area contributed by atoms with Gasteiger partial charge in [-0.25, -0.2) is 4.79 Å². The number of carbonyl (C=O) groups is 2. The lowest BCUT2D eigenvalue weighted by atomic mass is 10.2. The average molecular weight is 263 g/mol. The highest BCUT2D eigenvalue weighted by Gasteiger charge is 2.10. The summed E-state index contributed by atoms with van der Waals surface area (Å²) in [5.74, 6) is -1.08. The Labute approximate surface area is 111 Å². The maximum Gasteiger partial charge on any atom is 0.373 e. The molecule has 1 atom stereocenters. The van der Waals surface area contributed by atoms with Gasteiger partial charge in [0.25, 0.3) is 5.91 Å². The number of esters is 1. The summed E-state index contributed by atoms with van der Waals surface area (Å²) >= 11 is 0. The molecule has 1 amide bonds. The van der Waals surface area contributed by atoms with Crippen molar-refractivity contribution in [3.8, 4) is 0 Å². The number of amides is 1. The highest BCUT2D eigenvalue weighted by molar-refractivity contribution is 6.34. The van der Waals surface area contributed by atoms with Crippen molar-refractivity contribution in [2.45, 2.75) is 13.0 Å². The maximum absolute atomic E-state index is 11.8. The Morgan fingerprint density at radius 1 is 1.37 bits per heavy atom. The fourth-order valence-corrected chi connectivity index (χ4v) is 1.35. The van der Waals surface area contributed by atoms with Gasteiger partial charge in [0.15, 0.2) is 0 Å². The second-order valence-corrected chi connectivity index (χ2v) is 3.96. The van der Waals surface area contributed by atoms with E-state index in [0.29, 0.717) is 5.56 Å². The Balaban J connectivity index is 2.50. The molecule has 0 saturated heterocycles. The van der Waals surface area contributed by atoms with Crippen LogP contribution in [-0.2, 0) is 9.53 Å². The predicted molar refractivity (Wildman–Crippen MR) is 71.9 cm³/mol. The van der Waals surface area contributed by atoms with E-state index in [-0.39, 0.29) is 24.3 Å². The Bertz CT molecular complexity index is 471. The number of carbonyl (C=O) groups excluding carboxylic acids is 2. The Morgan fingerprint density at radius 2 is 2.00 bits per heavy atom.